The summed E-state index contributed by atoms with van der Waals surface area (Å²) in [5.41, 5.74) is -0.0363. The van der Waals surface area contributed by atoms with Crippen molar-refractivity contribution in [1.29, 1.82) is 0 Å². The summed E-state index contributed by atoms with van der Waals surface area (Å²) in [6.07, 6.45) is 1.30. The van der Waals surface area contributed by atoms with Crippen LogP contribution in [-0.4, -0.2) is 55.8 Å². The maximum Gasteiger partial charge on any atom is 0.293 e. The molecule has 0 unspecified atom stereocenters. The SMILES string of the molecule is CCC[C@@H]1C(=O)NCCN1c1ccc(S(=O)(=O)N(CC)CC)cc1[N+](=O)[O-]. The molecule has 9 nitrogen and oxygen atoms in total. The van der Waals surface area contributed by atoms with E-state index in [0.29, 0.717) is 19.5 Å². The second-order valence-electron chi connectivity index (χ2n) is 6.29. The van der Waals surface area contributed by atoms with E-state index >= 15 is 0 Å². The van der Waals surface area contributed by atoms with Crippen molar-refractivity contribution in [2.24, 2.45) is 0 Å². The molecule has 0 aliphatic carbocycles. The molecule has 1 heterocycles. The predicted octanol–water partition coefficient (Wildman–Crippen LogP) is 1.73. The van der Waals surface area contributed by atoms with Crippen LogP contribution in [0.15, 0.2) is 23.1 Å². The number of nitro benzene ring substituents is 1. The number of carbonyl (C=O) groups is 1. The molecule has 1 amide bonds. The molecule has 1 aliphatic heterocycles. The zero-order chi connectivity index (χ0) is 20.2. The lowest BCUT2D eigenvalue weighted by molar-refractivity contribution is -0.384. The molecule has 27 heavy (non-hydrogen) atoms. The molecule has 10 heteroatoms. The van der Waals surface area contributed by atoms with Crippen molar-refractivity contribution in [3.8, 4) is 0 Å². The van der Waals surface area contributed by atoms with E-state index in [9.17, 15) is 23.3 Å². The Balaban J connectivity index is 2.53. The number of nitrogens with one attached hydrogen (secondary N) is 1. The first-order valence-electron chi connectivity index (χ1n) is 9.10. The molecule has 1 aromatic rings. The summed E-state index contributed by atoms with van der Waals surface area (Å²) in [4.78, 5) is 24.9. The number of nitrogens with zero attached hydrogens (tertiary/aromatic N) is 3. The molecular formula is C17H26N4O5S. The van der Waals surface area contributed by atoms with Crippen LogP contribution >= 0.6 is 0 Å². The lowest BCUT2D eigenvalue weighted by Crippen LogP contribution is -2.55. The number of carbonyl (C=O) groups excluding carboxylic acids is 1. The Morgan fingerprint density at radius 2 is 1.96 bits per heavy atom. The van der Waals surface area contributed by atoms with Crippen LogP contribution in [0.3, 0.4) is 0 Å². The highest BCUT2D eigenvalue weighted by atomic mass is 32.2. The third-order valence-electron chi connectivity index (χ3n) is 4.69. The van der Waals surface area contributed by atoms with E-state index in [1.54, 1.807) is 18.7 Å². The average molecular weight is 398 g/mol. The molecule has 1 aromatic carbocycles. The Morgan fingerprint density at radius 3 is 2.52 bits per heavy atom. The highest BCUT2D eigenvalue weighted by Gasteiger charge is 2.34. The van der Waals surface area contributed by atoms with Gasteiger partial charge in [-0.1, -0.05) is 27.2 Å². The van der Waals surface area contributed by atoms with Gasteiger partial charge in [-0.05, 0) is 18.6 Å². The van der Waals surface area contributed by atoms with E-state index in [1.165, 1.54) is 16.4 Å². The Labute approximate surface area is 159 Å². The first-order valence-corrected chi connectivity index (χ1v) is 10.5. The van der Waals surface area contributed by atoms with Gasteiger partial charge in [-0.3, -0.25) is 14.9 Å². The van der Waals surface area contributed by atoms with Gasteiger partial charge >= 0.3 is 0 Å². The van der Waals surface area contributed by atoms with Crippen LogP contribution in [0.2, 0.25) is 0 Å². The number of benzene rings is 1. The number of sulfonamides is 1. The van der Waals surface area contributed by atoms with Crippen LogP contribution in [0.5, 0.6) is 0 Å². The monoisotopic (exact) mass is 398 g/mol. The van der Waals surface area contributed by atoms with Crippen LogP contribution in [0.1, 0.15) is 33.6 Å². The van der Waals surface area contributed by atoms with Crippen molar-refractivity contribution in [1.82, 2.24) is 9.62 Å². The van der Waals surface area contributed by atoms with Crippen molar-refractivity contribution >= 4 is 27.3 Å². The van der Waals surface area contributed by atoms with Gasteiger partial charge in [0.05, 0.1) is 9.82 Å². The van der Waals surface area contributed by atoms with E-state index in [0.717, 1.165) is 12.5 Å². The molecule has 2 rings (SSSR count). The molecule has 0 radical (unpaired) electrons. The van der Waals surface area contributed by atoms with Crippen molar-refractivity contribution in [2.75, 3.05) is 31.1 Å². The van der Waals surface area contributed by atoms with E-state index in [-0.39, 0.29) is 35.3 Å². The highest BCUT2D eigenvalue weighted by molar-refractivity contribution is 7.89. The smallest absolute Gasteiger partial charge is 0.293 e. The van der Waals surface area contributed by atoms with Gasteiger partial charge in [-0.25, -0.2) is 8.42 Å². The van der Waals surface area contributed by atoms with Gasteiger partial charge < -0.3 is 10.2 Å². The molecule has 150 valence electrons. The molecule has 1 aliphatic rings. The topological polar surface area (TPSA) is 113 Å². The summed E-state index contributed by atoms with van der Waals surface area (Å²) in [5, 5.41) is 14.4. The summed E-state index contributed by atoms with van der Waals surface area (Å²) >= 11 is 0. The number of nitro groups is 1. The van der Waals surface area contributed by atoms with E-state index in [1.807, 2.05) is 6.92 Å². The third-order valence-corrected chi connectivity index (χ3v) is 6.74. The number of hydrogen-bond donors (Lipinski definition) is 1. The molecule has 0 saturated carbocycles. The Bertz CT molecular complexity index is 808. The number of anilines is 1. The lowest BCUT2D eigenvalue weighted by Gasteiger charge is -2.36. The maximum atomic E-state index is 12.7. The second kappa shape index (κ2) is 8.66. The van der Waals surface area contributed by atoms with Gasteiger partial charge in [0.2, 0.25) is 15.9 Å². The number of rotatable bonds is 8. The fourth-order valence-electron chi connectivity index (χ4n) is 3.33. The largest absolute Gasteiger partial charge is 0.353 e. The molecule has 0 aromatic heterocycles. The quantitative estimate of drug-likeness (QED) is 0.527. The average Bonchev–Trinajstić information content (AvgIpc) is 2.63. The number of hydrogen-bond acceptors (Lipinski definition) is 6. The summed E-state index contributed by atoms with van der Waals surface area (Å²) in [6, 6.07) is 3.41. The van der Waals surface area contributed by atoms with Crippen molar-refractivity contribution in [2.45, 2.75) is 44.6 Å². The fraction of sp³-hybridized carbons (Fsp3) is 0.588. The Kier molecular flexibility index (Phi) is 6.77. The van der Waals surface area contributed by atoms with Gasteiger partial charge in [0.1, 0.15) is 11.7 Å². The predicted molar refractivity (Wildman–Crippen MR) is 102 cm³/mol. The summed E-state index contributed by atoms with van der Waals surface area (Å²) in [7, 11) is -3.81. The molecule has 1 atom stereocenters. The highest BCUT2D eigenvalue weighted by Crippen LogP contribution is 2.34. The molecule has 0 bridgehead atoms. The molecule has 1 fully saturated rings. The normalized spacial score (nSPS) is 17.9. The Hall–Kier alpha value is -2.20. The fourth-order valence-corrected chi connectivity index (χ4v) is 4.81. The number of piperazine rings is 1. The molecule has 0 spiro atoms. The zero-order valence-electron chi connectivity index (χ0n) is 15.8. The van der Waals surface area contributed by atoms with Crippen LogP contribution in [-0.2, 0) is 14.8 Å². The van der Waals surface area contributed by atoms with E-state index in [4.69, 9.17) is 0 Å². The minimum atomic E-state index is -3.81. The van der Waals surface area contributed by atoms with Crippen LogP contribution in [0.4, 0.5) is 11.4 Å². The first kappa shape index (κ1) is 21.1. The first-order chi connectivity index (χ1) is 12.8. The van der Waals surface area contributed by atoms with Crippen molar-refractivity contribution in [3.63, 3.8) is 0 Å². The zero-order valence-corrected chi connectivity index (χ0v) is 16.7. The summed E-state index contributed by atoms with van der Waals surface area (Å²) < 4.78 is 26.7. The van der Waals surface area contributed by atoms with Crippen molar-refractivity contribution in [3.05, 3.63) is 28.3 Å². The van der Waals surface area contributed by atoms with Gasteiger partial charge in [0.25, 0.3) is 5.69 Å². The van der Waals surface area contributed by atoms with E-state index in [2.05, 4.69) is 5.32 Å². The maximum absolute atomic E-state index is 12.7. The van der Waals surface area contributed by atoms with Gasteiger partial charge in [-0.2, -0.15) is 4.31 Å². The van der Waals surface area contributed by atoms with Gasteiger partial charge in [-0.15, -0.1) is 0 Å². The minimum absolute atomic E-state index is 0.116. The third kappa shape index (κ3) is 4.22. The summed E-state index contributed by atoms with van der Waals surface area (Å²) in [5.74, 6) is -0.169. The Morgan fingerprint density at radius 1 is 1.30 bits per heavy atom. The molecule has 1 N–H and O–H groups in total. The van der Waals surface area contributed by atoms with E-state index < -0.39 is 21.0 Å². The molecule has 1 saturated heterocycles. The van der Waals surface area contributed by atoms with Crippen LogP contribution in [0, 0.1) is 10.1 Å². The molecular weight excluding hydrogens is 372 g/mol. The van der Waals surface area contributed by atoms with Gasteiger partial charge in [0.15, 0.2) is 0 Å². The summed E-state index contributed by atoms with van der Waals surface area (Å²) in [6.45, 7) is 6.73. The van der Waals surface area contributed by atoms with Gasteiger partial charge in [0, 0.05) is 32.2 Å². The number of amides is 1. The van der Waals surface area contributed by atoms with Crippen LogP contribution < -0.4 is 10.2 Å². The van der Waals surface area contributed by atoms with Crippen LogP contribution in [0.25, 0.3) is 0 Å². The minimum Gasteiger partial charge on any atom is -0.353 e. The lowest BCUT2D eigenvalue weighted by atomic mass is 10.1. The standard InChI is InChI=1S/C17H26N4O5S/c1-4-7-15-17(22)18-10-11-20(15)14-9-8-13(12-16(14)21(23)24)27(25,26)19(5-2)6-3/h8-9,12,15H,4-7,10-11H2,1-3H3,(H,18,22)/t15-/m1/s1. The van der Waals surface area contributed by atoms with Crippen molar-refractivity contribution < 1.29 is 18.1 Å². The second-order valence-corrected chi connectivity index (χ2v) is 8.22.